The molecule has 1 aliphatic heterocycles. The van der Waals surface area contributed by atoms with Gasteiger partial charge in [-0.2, -0.15) is 0 Å². The minimum absolute atomic E-state index is 0.122. The summed E-state index contributed by atoms with van der Waals surface area (Å²) in [4.78, 5) is 14.7. The van der Waals surface area contributed by atoms with Crippen molar-refractivity contribution in [2.45, 2.75) is 18.9 Å². The molecule has 2 aliphatic rings. The predicted octanol–water partition coefficient (Wildman–Crippen LogP) is 2.02. The summed E-state index contributed by atoms with van der Waals surface area (Å²) in [5, 5.41) is 0.790. The van der Waals surface area contributed by atoms with Crippen molar-refractivity contribution in [2.75, 3.05) is 25.1 Å². The first-order valence-electron chi connectivity index (χ1n) is 6.80. The Morgan fingerprint density at radius 1 is 1.32 bits per heavy atom. The molecule has 102 valence electrons. The van der Waals surface area contributed by atoms with Crippen molar-refractivity contribution >= 4 is 21.8 Å². The highest BCUT2D eigenvalue weighted by Crippen LogP contribution is 2.28. The number of morpholine rings is 1. The Labute approximate surface area is 122 Å². The Morgan fingerprint density at radius 2 is 2.00 bits per heavy atom. The molecule has 1 amide bonds. The molecule has 3 rings (SSSR count). The zero-order valence-electron chi connectivity index (χ0n) is 10.8. The first kappa shape index (κ1) is 13.1. The maximum atomic E-state index is 12.7. The van der Waals surface area contributed by atoms with E-state index in [1.807, 2.05) is 4.90 Å². The summed E-state index contributed by atoms with van der Waals surface area (Å²) in [5.41, 5.74) is 2.68. The average Bonchev–Trinajstić information content (AvgIpc) is 2.90. The quantitative estimate of drug-likeness (QED) is 0.779. The second kappa shape index (κ2) is 5.63. The number of alkyl halides is 1. The molecule has 1 aliphatic carbocycles. The first-order chi connectivity index (χ1) is 9.29. The fourth-order valence-corrected chi connectivity index (χ4v) is 3.58. The van der Waals surface area contributed by atoms with Gasteiger partial charge in [-0.1, -0.05) is 40.2 Å². The smallest absolute Gasteiger partial charge is 0.226 e. The van der Waals surface area contributed by atoms with E-state index in [0.717, 1.165) is 24.7 Å². The predicted molar refractivity (Wildman–Crippen MR) is 77.5 cm³/mol. The van der Waals surface area contributed by atoms with Crippen LogP contribution >= 0.6 is 15.9 Å². The fraction of sp³-hybridized carbons (Fsp3) is 0.533. The van der Waals surface area contributed by atoms with Crippen LogP contribution in [0.15, 0.2) is 24.3 Å². The highest BCUT2D eigenvalue weighted by atomic mass is 79.9. The van der Waals surface area contributed by atoms with E-state index in [1.165, 1.54) is 11.1 Å². The van der Waals surface area contributed by atoms with Crippen LogP contribution in [-0.2, 0) is 22.4 Å². The van der Waals surface area contributed by atoms with Gasteiger partial charge >= 0.3 is 0 Å². The molecule has 1 aromatic rings. The molecule has 19 heavy (non-hydrogen) atoms. The number of hydrogen-bond acceptors (Lipinski definition) is 2. The van der Waals surface area contributed by atoms with Gasteiger partial charge in [0.2, 0.25) is 5.91 Å². The first-order valence-corrected chi connectivity index (χ1v) is 7.92. The van der Waals surface area contributed by atoms with Gasteiger partial charge in [0.25, 0.3) is 0 Å². The number of amides is 1. The Bertz CT molecular complexity index is 452. The number of carbonyl (C=O) groups excluding carboxylic acids is 1. The van der Waals surface area contributed by atoms with Crippen LogP contribution < -0.4 is 0 Å². The molecule has 4 heteroatoms. The second-order valence-corrected chi connectivity index (χ2v) is 5.94. The molecule has 0 bridgehead atoms. The number of halogens is 1. The summed E-state index contributed by atoms with van der Waals surface area (Å²) in [6.07, 6.45) is 1.78. The highest BCUT2D eigenvalue weighted by molar-refractivity contribution is 9.09. The summed E-state index contributed by atoms with van der Waals surface area (Å²) in [7, 11) is 0. The molecule has 1 fully saturated rings. The molecule has 1 heterocycles. The van der Waals surface area contributed by atoms with Crippen LogP contribution in [0.4, 0.5) is 0 Å². The minimum Gasteiger partial charge on any atom is -0.377 e. The van der Waals surface area contributed by atoms with E-state index in [0.29, 0.717) is 19.1 Å². The van der Waals surface area contributed by atoms with Crippen LogP contribution in [0.25, 0.3) is 0 Å². The lowest BCUT2D eigenvalue weighted by molar-refractivity contribution is -0.143. The summed E-state index contributed by atoms with van der Waals surface area (Å²) >= 11 is 3.48. The van der Waals surface area contributed by atoms with Crippen molar-refractivity contribution < 1.29 is 9.53 Å². The van der Waals surface area contributed by atoms with E-state index in [2.05, 4.69) is 40.2 Å². The number of ether oxygens (including phenoxy) is 1. The third-order valence-corrected chi connectivity index (χ3v) is 4.84. The van der Waals surface area contributed by atoms with Gasteiger partial charge in [0.15, 0.2) is 0 Å². The zero-order valence-corrected chi connectivity index (χ0v) is 12.4. The van der Waals surface area contributed by atoms with E-state index in [1.54, 1.807) is 0 Å². The molecule has 1 unspecified atom stereocenters. The summed E-state index contributed by atoms with van der Waals surface area (Å²) in [6, 6.07) is 8.59. The number of rotatable bonds is 2. The molecule has 0 radical (unpaired) electrons. The van der Waals surface area contributed by atoms with Crippen molar-refractivity contribution in [1.29, 1.82) is 0 Å². The number of nitrogens with zero attached hydrogens (tertiary/aromatic N) is 1. The van der Waals surface area contributed by atoms with Crippen LogP contribution in [0.1, 0.15) is 11.1 Å². The molecule has 0 aromatic heterocycles. The van der Waals surface area contributed by atoms with Crippen molar-refractivity contribution in [3.8, 4) is 0 Å². The normalized spacial score (nSPS) is 23.4. The molecule has 0 spiro atoms. The van der Waals surface area contributed by atoms with Crippen LogP contribution in [0, 0.1) is 5.92 Å². The van der Waals surface area contributed by atoms with Crippen LogP contribution in [0.3, 0.4) is 0 Å². The minimum atomic E-state index is 0.122. The summed E-state index contributed by atoms with van der Waals surface area (Å²) in [6.45, 7) is 2.04. The van der Waals surface area contributed by atoms with Crippen molar-refractivity contribution in [2.24, 2.45) is 5.92 Å². The molecular formula is C15H18BrNO2. The molecule has 3 nitrogen and oxygen atoms in total. The van der Waals surface area contributed by atoms with E-state index < -0.39 is 0 Å². The Hall–Kier alpha value is -0.870. The average molecular weight is 324 g/mol. The van der Waals surface area contributed by atoms with Crippen LogP contribution in [0.5, 0.6) is 0 Å². The van der Waals surface area contributed by atoms with E-state index in [9.17, 15) is 4.79 Å². The zero-order chi connectivity index (χ0) is 13.2. The molecule has 1 saturated heterocycles. The maximum absolute atomic E-state index is 12.7. The van der Waals surface area contributed by atoms with E-state index >= 15 is 0 Å². The van der Waals surface area contributed by atoms with Gasteiger partial charge in [0.05, 0.1) is 19.3 Å². The van der Waals surface area contributed by atoms with Gasteiger partial charge in [-0.3, -0.25) is 4.79 Å². The number of fused-ring (bicyclic) bond motifs is 1. The number of benzene rings is 1. The molecule has 0 saturated carbocycles. The van der Waals surface area contributed by atoms with Gasteiger partial charge in [0, 0.05) is 17.8 Å². The van der Waals surface area contributed by atoms with Crippen LogP contribution in [-0.4, -0.2) is 41.9 Å². The number of carbonyl (C=O) groups is 1. The summed E-state index contributed by atoms with van der Waals surface area (Å²) in [5.74, 6) is 0.418. The van der Waals surface area contributed by atoms with Gasteiger partial charge < -0.3 is 9.64 Å². The fourth-order valence-electron chi connectivity index (χ4n) is 3.04. The topological polar surface area (TPSA) is 29.5 Å². The monoisotopic (exact) mass is 323 g/mol. The number of hydrogen-bond donors (Lipinski definition) is 0. The third-order valence-electron chi connectivity index (χ3n) is 4.09. The van der Waals surface area contributed by atoms with Crippen molar-refractivity contribution in [1.82, 2.24) is 4.90 Å². The Kier molecular flexibility index (Phi) is 3.89. The van der Waals surface area contributed by atoms with Gasteiger partial charge in [-0.25, -0.2) is 0 Å². The standard InChI is InChI=1S/C15H18BrNO2/c16-9-14-10-19-6-5-17(14)15(18)13-7-11-3-1-2-4-12(11)8-13/h1-4,13-14H,5-10H2. The highest BCUT2D eigenvalue weighted by Gasteiger charge is 2.34. The maximum Gasteiger partial charge on any atom is 0.226 e. The lowest BCUT2D eigenvalue weighted by atomic mass is 10.0. The SMILES string of the molecule is O=C(C1Cc2ccccc2C1)N1CCOCC1CBr. The van der Waals surface area contributed by atoms with Gasteiger partial charge in [0.1, 0.15) is 0 Å². The second-order valence-electron chi connectivity index (χ2n) is 5.29. The Morgan fingerprint density at radius 3 is 2.63 bits per heavy atom. The van der Waals surface area contributed by atoms with Gasteiger partial charge in [-0.05, 0) is 24.0 Å². The Balaban J connectivity index is 1.72. The van der Waals surface area contributed by atoms with Crippen LogP contribution in [0.2, 0.25) is 0 Å². The van der Waals surface area contributed by atoms with Crippen molar-refractivity contribution in [3.63, 3.8) is 0 Å². The largest absolute Gasteiger partial charge is 0.377 e. The third kappa shape index (κ3) is 2.56. The van der Waals surface area contributed by atoms with Crippen molar-refractivity contribution in [3.05, 3.63) is 35.4 Å². The van der Waals surface area contributed by atoms with E-state index in [4.69, 9.17) is 4.74 Å². The van der Waals surface area contributed by atoms with E-state index in [-0.39, 0.29) is 12.0 Å². The lowest BCUT2D eigenvalue weighted by Gasteiger charge is -2.36. The molecular weight excluding hydrogens is 306 g/mol. The lowest BCUT2D eigenvalue weighted by Crippen LogP contribution is -2.51. The molecule has 1 aromatic carbocycles. The van der Waals surface area contributed by atoms with Gasteiger partial charge in [-0.15, -0.1) is 0 Å². The molecule has 1 atom stereocenters. The summed E-state index contributed by atoms with van der Waals surface area (Å²) < 4.78 is 5.45. The molecule has 0 N–H and O–H groups in total.